The van der Waals surface area contributed by atoms with E-state index in [9.17, 15) is 4.79 Å². The highest BCUT2D eigenvalue weighted by molar-refractivity contribution is 9.10. The van der Waals surface area contributed by atoms with Crippen molar-refractivity contribution in [2.24, 2.45) is 0 Å². The number of halogens is 1. The van der Waals surface area contributed by atoms with Crippen LogP contribution in [0.15, 0.2) is 33.5 Å². The Balaban J connectivity index is 2.17. The molecule has 0 aliphatic rings. The maximum absolute atomic E-state index is 12.6. The first-order valence-electron chi connectivity index (χ1n) is 7.69. The van der Waals surface area contributed by atoms with Crippen LogP contribution in [-0.2, 0) is 10.2 Å². The fraction of sp³-hybridized carbons (Fsp3) is 0.471. The zero-order valence-electron chi connectivity index (χ0n) is 13.9. The van der Waals surface area contributed by atoms with Crippen LogP contribution in [0.3, 0.4) is 0 Å². The van der Waals surface area contributed by atoms with Gasteiger partial charge in [-0.05, 0) is 34.0 Å². The Morgan fingerprint density at radius 2 is 2.09 bits per heavy atom. The lowest BCUT2D eigenvalue weighted by atomic mass is 9.93. The predicted octanol–water partition coefficient (Wildman–Crippen LogP) is 4.65. The minimum Gasteiger partial charge on any atom is -0.359 e. The van der Waals surface area contributed by atoms with E-state index in [0.717, 1.165) is 28.6 Å². The Morgan fingerprint density at radius 3 is 2.65 bits per heavy atom. The van der Waals surface area contributed by atoms with Gasteiger partial charge in [-0.1, -0.05) is 39.3 Å². The molecule has 1 amide bonds. The third kappa shape index (κ3) is 4.64. The molecule has 0 aliphatic heterocycles. The molecule has 6 heteroatoms. The van der Waals surface area contributed by atoms with Crippen molar-refractivity contribution in [1.82, 2.24) is 10.1 Å². The van der Waals surface area contributed by atoms with Gasteiger partial charge >= 0.3 is 0 Å². The fourth-order valence-electron chi connectivity index (χ4n) is 2.26. The highest BCUT2D eigenvalue weighted by atomic mass is 79.9. The molecule has 0 spiro atoms. The summed E-state index contributed by atoms with van der Waals surface area (Å²) in [6.07, 6.45) is 5.08. The molecule has 2 heterocycles. The summed E-state index contributed by atoms with van der Waals surface area (Å²) in [5, 5.41) is 6.79. The van der Waals surface area contributed by atoms with Gasteiger partial charge in [-0.25, -0.2) is 0 Å². The molecular formula is C17H22BrN3O2. The number of anilines is 1. The van der Waals surface area contributed by atoms with E-state index < -0.39 is 0 Å². The van der Waals surface area contributed by atoms with Gasteiger partial charge in [-0.3, -0.25) is 9.78 Å². The lowest BCUT2D eigenvalue weighted by Crippen LogP contribution is -2.21. The van der Waals surface area contributed by atoms with Crippen LogP contribution in [0.2, 0.25) is 0 Å². The van der Waals surface area contributed by atoms with Gasteiger partial charge in [0.2, 0.25) is 5.91 Å². The Labute approximate surface area is 145 Å². The number of nitrogens with one attached hydrogen (secondary N) is 1. The number of hydrogen-bond acceptors (Lipinski definition) is 4. The van der Waals surface area contributed by atoms with Crippen molar-refractivity contribution in [3.63, 3.8) is 0 Å². The van der Waals surface area contributed by atoms with Gasteiger partial charge in [0.15, 0.2) is 5.82 Å². The summed E-state index contributed by atoms with van der Waals surface area (Å²) < 4.78 is 6.17. The van der Waals surface area contributed by atoms with E-state index in [-0.39, 0.29) is 17.2 Å². The Hall–Kier alpha value is -1.69. The Kier molecular flexibility index (Phi) is 5.57. The largest absolute Gasteiger partial charge is 0.359 e. The lowest BCUT2D eigenvalue weighted by Gasteiger charge is -2.15. The summed E-state index contributed by atoms with van der Waals surface area (Å²) >= 11 is 3.40. The van der Waals surface area contributed by atoms with Crippen molar-refractivity contribution < 1.29 is 9.32 Å². The second-order valence-corrected chi connectivity index (χ2v) is 7.51. The van der Waals surface area contributed by atoms with Crippen LogP contribution in [-0.4, -0.2) is 16.0 Å². The molecule has 5 nitrogen and oxygen atoms in total. The molecule has 2 aromatic heterocycles. The van der Waals surface area contributed by atoms with E-state index >= 15 is 0 Å². The first kappa shape index (κ1) is 17.7. The van der Waals surface area contributed by atoms with Crippen molar-refractivity contribution in [3.05, 3.63) is 40.3 Å². The van der Waals surface area contributed by atoms with Crippen molar-refractivity contribution in [1.29, 1.82) is 0 Å². The monoisotopic (exact) mass is 379 g/mol. The van der Waals surface area contributed by atoms with Gasteiger partial charge < -0.3 is 9.84 Å². The molecule has 0 saturated carbocycles. The summed E-state index contributed by atoms with van der Waals surface area (Å²) in [5.41, 5.74) is 0.741. The molecule has 2 aromatic rings. The first-order chi connectivity index (χ1) is 10.8. The number of aromatic nitrogens is 2. The van der Waals surface area contributed by atoms with E-state index in [1.807, 2.05) is 26.8 Å². The Morgan fingerprint density at radius 1 is 1.35 bits per heavy atom. The number of nitrogens with zero attached hydrogens (tertiary/aromatic N) is 2. The van der Waals surface area contributed by atoms with E-state index in [4.69, 9.17) is 4.52 Å². The molecule has 0 aromatic carbocycles. The van der Waals surface area contributed by atoms with Crippen LogP contribution in [0.4, 0.5) is 5.82 Å². The van der Waals surface area contributed by atoms with E-state index in [2.05, 4.69) is 38.3 Å². The van der Waals surface area contributed by atoms with Gasteiger partial charge in [0.1, 0.15) is 5.76 Å². The van der Waals surface area contributed by atoms with E-state index in [1.165, 1.54) is 0 Å². The molecule has 1 atom stereocenters. The molecule has 1 N–H and O–H groups in total. The average molecular weight is 380 g/mol. The summed E-state index contributed by atoms with van der Waals surface area (Å²) in [4.78, 5) is 16.8. The standard InChI is InChI=1S/C17H22BrN3O2/c1-5-6-13(11-7-12(18)10-19-9-11)16(22)20-15-8-14(23-21-15)17(2,3)4/h7-10,13H,5-6H2,1-4H3,(H,20,21,22). The number of rotatable bonds is 5. The SMILES string of the molecule is CCCC(C(=O)Nc1cc(C(C)(C)C)on1)c1cncc(Br)c1. The smallest absolute Gasteiger partial charge is 0.233 e. The quantitative estimate of drug-likeness (QED) is 0.820. The molecule has 0 fully saturated rings. The van der Waals surface area contributed by atoms with Crippen molar-refractivity contribution in [2.75, 3.05) is 5.32 Å². The van der Waals surface area contributed by atoms with Gasteiger partial charge in [-0.15, -0.1) is 0 Å². The normalized spacial score (nSPS) is 12.9. The van der Waals surface area contributed by atoms with Gasteiger partial charge in [0, 0.05) is 28.3 Å². The Bertz CT molecular complexity index is 676. The maximum Gasteiger partial charge on any atom is 0.233 e. The molecule has 0 radical (unpaired) electrons. The number of hydrogen-bond donors (Lipinski definition) is 1. The zero-order chi connectivity index (χ0) is 17.0. The van der Waals surface area contributed by atoms with Crippen LogP contribution in [0.1, 0.15) is 57.8 Å². The van der Waals surface area contributed by atoms with Gasteiger partial charge in [0.25, 0.3) is 0 Å². The molecule has 23 heavy (non-hydrogen) atoms. The molecule has 124 valence electrons. The maximum atomic E-state index is 12.6. The highest BCUT2D eigenvalue weighted by Crippen LogP contribution is 2.27. The van der Waals surface area contributed by atoms with E-state index in [1.54, 1.807) is 18.5 Å². The van der Waals surface area contributed by atoms with Crippen LogP contribution < -0.4 is 5.32 Å². The summed E-state index contributed by atoms with van der Waals surface area (Å²) in [6, 6.07) is 3.70. The summed E-state index contributed by atoms with van der Waals surface area (Å²) in [6.45, 7) is 8.16. The third-order valence-electron chi connectivity index (χ3n) is 3.52. The number of carbonyl (C=O) groups excluding carboxylic acids is 1. The van der Waals surface area contributed by atoms with Crippen molar-refractivity contribution >= 4 is 27.7 Å². The molecule has 0 saturated heterocycles. The number of carbonyl (C=O) groups is 1. The second-order valence-electron chi connectivity index (χ2n) is 6.59. The molecule has 2 rings (SSSR count). The summed E-state index contributed by atoms with van der Waals surface area (Å²) in [7, 11) is 0. The van der Waals surface area contributed by atoms with Crippen LogP contribution >= 0.6 is 15.9 Å². The highest BCUT2D eigenvalue weighted by Gasteiger charge is 2.24. The zero-order valence-corrected chi connectivity index (χ0v) is 15.5. The van der Waals surface area contributed by atoms with Gasteiger partial charge in [0.05, 0.1) is 5.92 Å². The van der Waals surface area contributed by atoms with Crippen molar-refractivity contribution in [3.8, 4) is 0 Å². The predicted molar refractivity (Wildman–Crippen MR) is 93.4 cm³/mol. The molecule has 0 bridgehead atoms. The molecule has 1 unspecified atom stereocenters. The van der Waals surface area contributed by atoms with Crippen LogP contribution in [0.5, 0.6) is 0 Å². The average Bonchev–Trinajstić information content (AvgIpc) is 2.93. The third-order valence-corrected chi connectivity index (χ3v) is 3.96. The molecular weight excluding hydrogens is 358 g/mol. The minimum absolute atomic E-state index is 0.0968. The number of amides is 1. The lowest BCUT2D eigenvalue weighted by molar-refractivity contribution is -0.117. The first-order valence-corrected chi connectivity index (χ1v) is 8.49. The minimum atomic E-state index is -0.264. The number of pyridine rings is 1. The van der Waals surface area contributed by atoms with Crippen LogP contribution in [0, 0.1) is 0 Å². The fourth-order valence-corrected chi connectivity index (χ4v) is 2.64. The van der Waals surface area contributed by atoms with Gasteiger partial charge in [-0.2, -0.15) is 0 Å². The topological polar surface area (TPSA) is 68.0 Å². The van der Waals surface area contributed by atoms with Crippen molar-refractivity contribution in [2.45, 2.75) is 51.9 Å². The second kappa shape index (κ2) is 7.25. The summed E-state index contributed by atoms with van der Waals surface area (Å²) in [5.74, 6) is 0.827. The molecule has 0 aliphatic carbocycles. The van der Waals surface area contributed by atoms with E-state index in [0.29, 0.717) is 5.82 Å². The van der Waals surface area contributed by atoms with Crippen LogP contribution in [0.25, 0.3) is 0 Å².